The highest BCUT2D eigenvalue weighted by atomic mass is 32.2. The van der Waals surface area contributed by atoms with Crippen molar-refractivity contribution in [3.05, 3.63) is 84.2 Å². The lowest BCUT2D eigenvalue weighted by molar-refractivity contribution is 0.0730. The second kappa shape index (κ2) is 8.83. The molecular weight excluding hydrogens is 452 g/mol. The Morgan fingerprint density at radius 3 is 2.50 bits per heavy atom. The van der Waals surface area contributed by atoms with Crippen LogP contribution in [-0.2, 0) is 10.0 Å². The van der Waals surface area contributed by atoms with Crippen LogP contribution in [0.1, 0.15) is 35.1 Å². The third-order valence-electron chi connectivity index (χ3n) is 5.99. The zero-order valence-electron chi connectivity index (χ0n) is 18.6. The van der Waals surface area contributed by atoms with E-state index in [-0.39, 0.29) is 16.8 Å². The fourth-order valence-corrected chi connectivity index (χ4v) is 5.30. The quantitative estimate of drug-likeness (QED) is 0.431. The molecule has 5 rings (SSSR count). The minimum absolute atomic E-state index is 0.0788. The van der Waals surface area contributed by atoms with Crippen molar-refractivity contribution in [2.75, 3.05) is 18.4 Å². The van der Waals surface area contributed by atoms with E-state index in [4.69, 9.17) is 4.74 Å². The molecule has 3 aromatic carbocycles. The minimum atomic E-state index is -3.79. The summed E-state index contributed by atoms with van der Waals surface area (Å²) < 4.78 is 33.2. The summed E-state index contributed by atoms with van der Waals surface area (Å²) >= 11 is 0. The molecule has 1 aliphatic rings. The molecule has 1 aliphatic heterocycles. The molecule has 1 atom stereocenters. The maximum atomic E-state index is 13.3. The number of para-hydroxylation sites is 2. The van der Waals surface area contributed by atoms with Crippen molar-refractivity contribution < 1.29 is 17.9 Å². The summed E-state index contributed by atoms with van der Waals surface area (Å²) in [4.78, 5) is 23.2. The molecule has 1 aromatic heterocycles. The summed E-state index contributed by atoms with van der Waals surface area (Å²) in [5, 5.41) is 0. The van der Waals surface area contributed by atoms with Gasteiger partial charge in [0.2, 0.25) is 0 Å². The zero-order chi connectivity index (χ0) is 23.7. The van der Waals surface area contributed by atoms with Gasteiger partial charge in [0.25, 0.3) is 15.9 Å². The molecule has 8 nitrogen and oxygen atoms in total. The first-order chi connectivity index (χ1) is 16.4. The highest BCUT2D eigenvalue weighted by Gasteiger charge is 2.32. The number of hydrogen-bond acceptors (Lipinski definition) is 5. The molecule has 34 heavy (non-hydrogen) atoms. The Bertz CT molecular complexity index is 1400. The summed E-state index contributed by atoms with van der Waals surface area (Å²) in [6.45, 7) is 0.625. The molecule has 0 radical (unpaired) electrons. The second-order valence-electron chi connectivity index (χ2n) is 8.15. The van der Waals surface area contributed by atoms with E-state index in [0.717, 1.165) is 29.7 Å². The maximum absolute atomic E-state index is 13.3. The van der Waals surface area contributed by atoms with E-state index in [0.29, 0.717) is 23.5 Å². The minimum Gasteiger partial charge on any atom is -0.497 e. The number of rotatable bonds is 6. The van der Waals surface area contributed by atoms with Crippen LogP contribution in [0.3, 0.4) is 0 Å². The first-order valence-electron chi connectivity index (χ1n) is 11.0. The number of nitrogens with zero attached hydrogens (tertiary/aromatic N) is 2. The highest BCUT2D eigenvalue weighted by molar-refractivity contribution is 7.92. The van der Waals surface area contributed by atoms with Gasteiger partial charge in [0.05, 0.1) is 29.1 Å². The van der Waals surface area contributed by atoms with Crippen LogP contribution >= 0.6 is 0 Å². The number of amides is 1. The van der Waals surface area contributed by atoms with E-state index in [1.54, 1.807) is 48.4 Å². The fourth-order valence-electron chi connectivity index (χ4n) is 4.24. The van der Waals surface area contributed by atoms with E-state index in [1.807, 2.05) is 24.3 Å². The number of nitrogens with one attached hydrogen (secondary N) is 2. The molecule has 1 amide bonds. The van der Waals surface area contributed by atoms with E-state index in [1.165, 1.54) is 12.1 Å². The summed E-state index contributed by atoms with van der Waals surface area (Å²) in [7, 11) is -2.25. The number of likely N-dealkylation sites (tertiary alicyclic amines) is 1. The van der Waals surface area contributed by atoms with Crippen LogP contribution in [0.15, 0.2) is 77.7 Å². The van der Waals surface area contributed by atoms with Crippen molar-refractivity contribution in [1.29, 1.82) is 0 Å². The number of fused-ring (bicyclic) bond motifs is 1. The number of anilines is 1. The van der Waals surface area contributed by atoms with E-state index >= 15 is 0 Å². The molecule has 4 aromatic rings. The number of H-pyrrole nitrogens is 1. The summed E-state index contributed by atoms with van der Waals surface area (Å²) in [6, 6.07) is 20.3. The molecule has 9 heteroatoms. The molecule has 0 saturated carbocycles. The average molecular weight is 477 g/mol. The number of aromatic amines is 1. The van der Waals surface area contributed by atoms with Gasteiger partial charge < -0.3 is 14.6 Å². The molecule has 0 spiro atoms. The van der Waals surface area contributed by atoms with Gasteiger partial charge in [0.15, 0.2) is 0 Å². The third kappa shape index (κ3) is 4.22. The van der Waals surface area contributed by atoms with Gasteiger partial charge in [-0.15, -0.1) is 0 Å². The molecule has 174 valence electrons. The van der Waals surface area contributed by atoms with Crippen molar-refractivity contribution in [2.45, 2.75) is 23.8 Å². The van der Waals surface area contributed by atoms with Crippen LogP contribution in [0.5, 0.6) is 5.75 Å². The lowest BCUT2D eigenvalue weighted by Gasteiger charge is -2.23. The van der Waals surface area contributed by atoms with Crippen molar-refractivity contribution >= 4 is 32.7 Å². The fraction of sp³-hybridized carbons (Fsp3) is 0.200. The first-order valence-corrected chi connectivity index (χ1v) is 12.5. The molecule has 1 unspecified atom stereocenters. The lowest BCUT2D eigenvalue weighted by Crippen LogP contribution is -2.31. The number of aromatic nitrogens is 2. The van der Waals surface area contributed by atoms with Gasteiger partial charge in [0.1, 0.15) is 11.6 Å². The van der Waals surface area contributed by atoms with Crippen LogP contribution in [-0.4, -0.2) is 42.8 Å². The maximum Gasteiger partial charge on any atom is 0.261 e. The molecular formula is C25H24N4O4S. The van der Waals surface area contributed by atoms with Crippen molar-refractivity contribution in [1.82, 2.24) is 14.9 Å². The number of carbonyl (C=O) groups is 1. The average Bonchev–Trinajstić information content (AvgIpc) is 3.51. The Morgan fingerprint density at radius 2 is 1.79 bits per heavy atom. The molecule has 1 saturated heterocycles. The number of benzene rings is 3. The summed E-state index contributed by atoms with van der Waals surface area (Å²) in [5.41, 5.74) is 2.67. The Morgan fingerprint density at radius 1 is 1.06 bits per heavy atom. The van der Waals surface area contributed by atoms with Crippen LogP contribution in [0.2, 0.25) is 0 Å². The molecule has 0 bridgehead atoms. The Hall–Kier alpha value is -3.85. The van der Waals surface area contributed by atoms with E-state index in [2.05, 4.69) is 14.7 Å². The monoisotopic (exact) mass is 476 g/mol. The molecule has 0 aliphatic carbocycles. The van der Waals surface area contributed by atoms with Gasteiger partial charge in [-0.05, 0) is 73.5 Å². The SMILES string of the molecule is COc1ccc(NS(=O)(=O)c2ccc(C(=O)N3CCCC3c3nc4ccccc4[nH]3)cc2)cc1. The number of ether oxygens (including phenoxy) is 1. The lowest BCUT2D eigenvalue weighted by atomic mass is 10.1. The highest BCUT2D eigenvalue weighted by Crippen LogP contribution is 2.33. The van der Waals surface area contributed by atoms with Gasteiger partial charge >= 0.3 is 0 Å². The Kier molecular flexibility index (Phi) is 5.70. The largest absolute Gasteiger partial charge is 0.497 e. The van der Waals surface area contributed by atoms with Crippen LogP contribution < -0.4 is 9.46 Å². The van der Waals surface area contributed by atoms with Gasteiger partial charge in [-0.1, -0.05) is 12.1 Å². The van der Waals surface area contributed by atoms with Crippen molar-refractivity contribution in [2.24, 2.45) is 0 Å². The predicted octanol–water partition coefficient (Wildman–Crippen LogP) is 4.35. The summed E-state index contributed by atoms with van der Waals surface area (Å²) in [5.74, 6) is 1.26. The van der Waals surface area contributed by atoms with Gasteiger partial charge in [-0.25, -0.2) is 13.4 Å². The number of sulfonamides is 1. The van der Waals surface area contributed by atoms with E-state index < -0.39 is 10.0 Å². The van der Waals surface area contributed by atoms with E-state index in [9.17, 15) is 13.2 Å². The van der Waals surface area contributed by atoms with Gasteiger partial charge in [-0.2, -0.15) is 0 Å². The second-order valence-corrected chi connectivity index (χ2v) is 9.84. The standard InChI is InChI=1S/C25H24N4O4S/c1-33-19-12-10-18(11-13-19)28-34(31,32)20-14-8-17(9-15-20)25(30)29-16-4-7-23(29)24-26-21-5-2-3-6-22(21)27-24/h2-3,5-6,8-15,23,28H,4,7,16H2,1H3,(H,26,27). The van der Waals surface area contributed by atoms with Crippen molar-refractivity contribution in [3.8, 4) is 5.75 Å². The topological polar surface area (TPSA) is 104 Å². The Labute approximate surface area is 197 Å². The van der Waals surface area contributed by atoms with Crippen LogP contribution in [0.4, 0.5) is 5.69 Å². The Balaban J connectivity index is 1.33. The zero-order valence-corrected chi connectivity index (χ0v) is 19.4. The normalized spacial score (nSPS) is 16.0. The third-order valence-corrected chi connectivity index (χ3v) is 7.39. The van der Waals surface area contributed by atoms with Gasteiger partial charge in [0, 0.05) is 17.8 Å². The number of methoxy groups -OCH3 is 1. The molecule has 2 heterocycles. The van der Waals surface area contributed by atoms with Crippen LogP contribution in [0, 0.1) is 0 Å². The molecule has 2 N–H and O–H groups in total. The number of hydrogen-bond donors (Lipinski definition) is 2. The predicted molar refractivity (Wildman–Crippen MR) is 129 cm³/mol. The smallest absolute Gasteiger partial charge is 0.261 e. The van der Waals surface area contributed by atoms with Crippen molar-refractivity contribution in [3.63, 3.8) is 0 Å². The van der Waals surface area contributed by atoms with Crippen LogP contribution in [0.25, 0.3) is 11.0 Å². The number of imidazole rings is 1. The molecule has 1 fully saturated rings. The van der Waals surface area contributed by atoms with Gasteiger partial charge in [-0.3, -0.25) is 9.52 Å². The first kappa shape index (κ1) is 22.0. The summed E-state index contributed by atoms with van der Waals surface area (Å²) in [6.07, 6.45) is 1.70. The number of carbonyl (C=O) groups excluding carboxylic acids is 1.